The van der Waals surface area contributed by atoms with Gasteiger partial charge in [-0.05, 0) is 31.8 Å². The van der Waals surface area contributed by atoms with Gasteiger partial charge in [0.1, 0.15) is 5.82 Å². The molecule has 6 nitrogen and oxygen atoms in total. The molecule has 2 heterocycles. The van der Waals surface area contributed by atoms with E-state index in [9.17, 15) is 10.1 Å². The number of pyridine rings is 1. The van der Waals surface area contributed by atoms with Crippen LogP contribution in [0.4, 0.5) is 11.5 Å². The summed E-state index contributed by atoms with van der Waals surface area (Å²) in [4.78, 5) is 16.8. The van der Waals surface area contributed by atoms with Gasteiger partial charge < -0.3 is 10.2 Å². The fraction of sp³-hybridized carbons (Fsp3) is 0.615. The highest BCUT2D eigenvalue weighted by Gasteiger charge is 2.14. The maximum Gasteiger partial charge on any atom is 0.274 e. The molecule has 0 amide bonds. The van der Waals surface area contributed by atoms with E-state index in [-0.39, 0.29) is 5.69 Å². The Morgan fingerprint density at radius 1 is 1.53 bits per heavy atom. The summed E-state index contributed by atoms with van der Waals surface area (Å²) in [5.41, 5.74) is 0.0738. The average Bonchev–Trinajstić information content (AvgIpc) is 2.89. The fourth-order valence-corrected chi connectivity index (χ4v) is 2.38. The zero-order valence-electron chi connectivity index (χ0n) is 11.2. The SMILES string of the molecule is CC(CNc1cc([N+](=O)[O-])ccn1)CN1CCCC1. The van der Waals surface area contributed by atoms with E-state index in [1.807, 2.05) is 0 Å². The van der Waals surface area contributed by atoms with Crippen molar-refractivity contribution in [3.8, 4) is 0 Å². The van der Waals surface area contributed by atoms with Crippen molar-refractivity contribution in [2.75, 3.05) is 31.5 Å². The Hall–Kier alpha value is -1.69. The van der Waals surface area contributed by atoms with Crippen LogP contribution in [0.2, 0.25) is 0 Å². The van der Waals surface area contributed by atoms with Gasteiger partial charge in [0.2, 0.25) is 0 Å². The Labute approximate surface area is 113 Å². The van der Waals surface area contributed by atoms with Crippen molar-refractivity contribution in [3.05, 3.63) is 28.4 Å². The number of hydrogen-bond donors (Lipinski definition) is 1. The van der Waals surface area contributed by atoms with Crippen LogP contribution in [0.25, 0.3) is 0 Å². The molecule has 1 aliphatic heterocycles. The molecule has 1 saturated heterocycles. The molecule has 6 heteroatoms. The van der Waals surface area contributed by atoms with Crippen LogP contribution in [0, 0.1) is 16.0 Å². The Kier molecular flexibility index (Phi) is 4.68. The second kappa shape index (κ2) is 6.47. The van der Waals surface area contributed by atoms with Gasteiger partial charge in [-0.15, -0.1) is 0 Å². The molecule has 2 rings (SSSR count). The molecule has 1 aliphatic rings. The lowest BCUT2D eigenvalue weighted by Gasteiger charge is -2.20. The van der Waals surface area contributed by atoms with Crippen molar-refractivity contribution in [1.82, 2.24) is 9.88 Å². The second-order valence-corrected chi connectivity index (χ2v) is 5.15. The van der Waals surface area contributed by atoms with Gasteiger partial charge >= 0.3 is 0 Å². The van der Waals surface area contributed by atoms with Gasteiger partial charge in [0.05, 0.1) is 11.0 Å². The molecule has 0 radical (unpaired) electrons. The molecule has 0 spiro atoms. The summed E-state index contributed by atoms with van der Waals surface area (Å²) in [5, 5.41) is 13.8. The standard InChI is InChI=1S/C13H20N4O2/c1-11(10-16-6-2-3-7-16)9-15-13-8-12(17(18)19)4-5-14-13/h4-5,8,11H,2-3,6-7,9-10H2,1H3,(H,14,15). The van der Waals surface area contributed by atoms with Gasteiger partial charge in [-0.25, -0.2) is 4.98 Å². The predicted molar refractivity (Wildman–Crippen MR) is 74.2 cm³/mol. The lowest BCUT2D eigenvalue weighted by molar-refractivity contribution is -0.384. The summed E-state index contributed by atoms with van der Waals surface area (Å²) in [7, 11) is 0. The minimum Gasteiger partial charge on any atom is -0.370 e. The number of anilines is 1. The first-order chi connectivity index (χ1) is 9.15. The first-order valence-corrected chi connectivity index (χ1v) is 6.72. The van der Waals surface area contributed by atoms with Gasteiger partial charge in [-0.3, -0.25) is 10.1 Å². The fourth-order valence-electron chi connectivity index (χ4n) is 2.38. The van der Waals surface area contributed by atoms with Crippen LogP contribution in [-0.2, 0) is 0 Å². The van der Waals surface area contributed by atoms with Crippen LogP contribution in [0.3, 0.4) is 0 Å². The molecular formula is C13H20N4O2. The smallest absolute Gasteiger partial charge is 0.274 e. The highest BCUT2D eigenvalue weighted by molar-refractivity contribution is 5.44. The van der Waals surface area contributed by atoms with Gasteiger partial charge in [0, 0.05) is 25.4 Å². The molecule has 1 aromatic heterocycles. The van der Waals surface area contributed by atoms with E-state index in [4.69, 9.17) is 0 Å². The number of hydrogen-bond acceptors (Lipinski definition) is 5. The second-order valence-electron chi connectivity index (χ2n) is 5.15. The summed E-state index contributed by atoms with van der Waals surface area (Å²) >= 11 is 0. The average molecular weight is 264 g/mol. The molecule has 19 heavy (non-hydrogen) atoms. The summed E-state index contributed by atoms with van der Waals surface area (Å²) in [6, 6.07) is 2.88. The number of nitrogens with zero attached hydrogens (tertiary/aromatic N) is 3. The summed E-state index contributed by atoms with van der Waals surface area (Å²) in [5.74, 6) is 1.07. The number of rotatable bonds is 6. The molecule has 1 fully saturated rings. The van der Waals surface area contributed by atoms with Crippen molar-refractivity contribution in [1.29, 1.82) is 0 Å². The van der Waals surface area contributed by atoms with Crippen molar-refractivity contribution >= 4 is 11.5 Å². The third-order valence-corrected chi connectivity index (χ3v) is 3.35. The predicted octanol–water partition coefficient (Wildman–Crippen LogP) is 2.13. The zero-order valence-corrected chi connectivity index (χ0v) is 11.2. The van der Waals surface area contributed by atoms with E-state index in [1.165, 1.54) is 44.3 Å². The first-order valence-electron chi connectivity index (χ1n) is 6.72. The third-order valence-electron chi connectivity index (χ3n) is 3.35. The Balaban J connectivity index is 1.80. The number of nitro groups is 1. The lowest BCUT2D eigenvalue weighted by atomic mass is 10.1. The van der Waals surface area contributed by atoms with Gasteiger partial charge in [0.15, 0.2) is 0 Å². The van der Waals surface area contributed by atoms with E-state index >= 15 is 0 Å². The topological polar surface area (TPSA) is 71.3 Å². The first kappa shape index (κ1) is 13.7. The molecule has 0 saturated carbocycles. The monoisotopic (exact) mass is 264 g/mol. The number of aromatic nitrogens is 1. The molecule has 0 bridgehead atoms. The van der Waals surface area contributed by atoms with Crippen molar-refractivity contribution < 1.29 is 4.92 Å². The highest BCUT2D eigenvalue weighted by atomic mass is 16.6. The van der Waals surface area contributed by atoms with Crippen molar-refractivity contribution in [3.63, 3.8) is 0 Å². The molecule has 104 valence electrons. The molecule has 1 N–H and O–H groups in total. The number of likely N-dealkylation sites (tertiary alicyclic amines) is 1. The maximum atomic E-state index is 10.7. The minimum absolute atomic E-state index is 0.0738. The normalized spacial score (nSPS) is 17.3. The van der Waals surface area contributed by atoms with Gasteiger partial charge in [-0.1, -0.05) is 6.92 Å². The molecular weight excluding hydrogens is 244 g/mol. The number of nitrogens with one attached hydrogen (secondary N) is 1. The van der Waals surface area contributed by atoms with Crippen LogP contribution >= 0.6 is 0 Å². The van der Waals surface area contributed by atoms with Gasteiger partial charge in [-0.2, -0.15) is 0 Å². The van der Waals surface area contributed by atoms with Crippen LogP contribution < -0.4 is 5.32 Å². The molecule has 1 aromatic rings. The van der Waals surface area contributed by atoms with Crippen LogP contribution in [-0.4, -0.2) is 41.0 Å². The lowest BCUT2D eigenvalue weighted by Crippen LogP contribution is -2.29. The van der Waals surface area contributed by atoms with Gasteiger partial charge in [0.25, 0.3) is 5.69 Å². The molecule has 0 aliphatic carbocycles. The summed E-state index contributed by atoms with van der Waals surface area (Å²) < 4.78 is 0. The van der Waals surface area contributed by atoms with Crippen molar-refractivity contribution in [2.45, 2.75) is 19.8 Å². The van der Waals surface area contributed by atoms with Crippen molar-refractivity contribution in [2.24, 2.45) is 5.92 Å². The summed E-state index contributed by atoms with van der Waals surface area (Å²) in [6.07, 6.45) is 4.06. The third kappa shape index (κ3) is 4.17. The van der Waals surface area contributed by atoms with E-state index in [0.29, 0.717) is 11.7 Å². The largest absolute Gasteiger partial charge is 0.370 e. The highest BCUT2D eigenvalue weighted by Crippen LogP contribution is 2.15. The Morgan fingerprint density at radius 2 is 2.26 bits per heavy atom. The van der Waals surface area contributed by atoms with E-state index in [0.717, 1.165) is 13.1 Å². The van der Waals surface area contributed by atoms with E-state index in [2.05, 4.69) is 22.1 Å². The van der Waals surface area contributed by atoms with Crippen LogP contribution in [0.15, 0.2) is 18.3 Å². The van der Waals surface area contributed by atoms with Crippen LogP contribution in [0.5, 0.6) is 0 Å². The summed E-state index contributed by atoms with van der Waals surface area (Å²) in [6.45, 7) is 6.42. The zero-order chi connectivity index (χ0) is 13.7. The maximum absolute atomic E-state index is 10.7. The Bertz CT molecular complexity index is 432. The van der Waals surface area contributed by atoms with E-state index in [1.54, 1.807) is 0 Å². The van der Waals surface area contributed by atoms with E-state index < -0.39 is 4.92 Å². The minimum atomic E-state index is -0.402. The quantitative estimate of drug-likeness (QED) is 0.629. The molecule has 1 atom stereocenters. The molecule has 0 aromatic carbocycles. The molecule has 1 unspecified atom stereocenters. The Morgan fingerprint density at radius 3 is 2.95 bits per heavy atom. The van der Waals surface area contributed by atoms with Crippen LogP contribution in [0.1, 0.15) is 19.8 Å².